The highest BCUT2D eigenvalue weighted by Crippen LogP contribution is 2.27. The lowest BCUT2D eigenvalue weighted by Crippen LogP contribution is -2.41. The monoisotopic (exact) mass is 442 g/mol. The van der Waals surface area contributed by atoms with Crippen molar-refractivity contribution in [3.63, 3.8) is 0 Å². The van der Waals surface area contributed by atoms with Crippen LogP contribution < -0.4 is 5.32 Å². The van der Waals surface area contributed by atoms with E-state index in [2.05, 4.69) is 10.4 Å². The number of hydrogen-bond acceptors (Lipinski definition) is 4. The fourth-order valence-electron chi connectivity index (χ4n) is 3.75. The van der Waals surface area contributed by atoms with Gasteiger partial charge in [-0.3, -0.25) is 4.79 Å². The maximum absolute atomic E-state index is 13.2. The SMILES string of the molecule is Cc1c(S(=O)(=O)N2CCC(C(=O)Nc3ccccc3)CC2)cnn1-c1ccc(F)cc1. The number of benzene rings is 2. The maximum Gasteiger partial charge on any atom is 0.246 e. The number of halogens is 1. The number of hydrogen-bond donors (Lipinski definition) is 1. The molecule has 31 heavy (non-hydrogen) atoms. The van der Waals surface area contributed by atoms with Crippen LogP contribution in [-0.2, 0) is 14.8 Å². The maximum atomic E-state index is 13.2. The van der Waals surface area contributed by atoms with Crippen LogP contribution in [0, 0.1) is 18.7 Å². The van der Waals surface area contributed by atoms with E-state index >= 15 is 0 Å². The van der Waals surface area contributed by atoms with Crippen LogP contribution in [-0.4, -0.2) is 41.5 Å². The number of carbonyl (C=O) groups excluding carboxylic acids is 1. The fraction of sp³-hybridized carbons (Fsp3) is 0.273. The van der Waals surface area contributed by atoms with Crippen molar-refractivity contribution in [3.8, 4) is 5.69 Å². The van der Waals surface area contributed by atoms with Gasteiger partial charge in [-0.1, -0.05) is 18.2 Å². The Morgan fingerprint density at radius 1 is 1.06 bits per heavy atom. The highest BCUT2D eigenvalue weighted by atomic mass is 32.2. The van der Waals surface area contributed by atoms with Gasteiger partial charge < -0.3 is 5.32 Å². The van der Waals surface area contributed by atoms with Crippen LogP contribution in [0.5, 0.6) is 0 Å². The summed E-state index contributed by atoms with van der Waals surface area (Å²) < 4.78 is 42.4. The largest absolute Gasteiger partial charge is 0.326 e. The zero-order chi connectivity index (χ0) is 22.0. The molecule has 0 saturated carbocycles. The standard InChI is InChI=1S/C22H23FN4O3S/c1-16-21(15-24-27(16)20-9-7-18(23)8-10-20)31(29,30)26-13-11-17(12-14-26)22(28)25-19-5-3-2-4-6-19/h2-10,15,17H,11-14H2,1H3,(H,25,28). The van der Waals surface area contributed by atoms with Gasteiger partial charge in [-0.25, -0.2) is 17.5 Å². The molecule has 4 rings (SSSR count). The van der Waals surface area contributed by atoms with Gasteiger partial charge in [-0.15, -0.1) is 0 Å². The summed E-state index contributed by atoms with van der Waals surface area (Å²) in [6.07, 6.45) is 2.22. The van der Waals surface area contributed by atoms with Gasteiger partial charge in [0.05, 0.1) is 17.6 Å². The van der Waals surface area contributed by atoms with Gasteiger partial charge in [-0.2, -0.15) is 9.40 Å². The molecule has 0 atom stereocenters. The van der Waals surface area contributed by atoms with Crippen molar-refractivity contribution >= 4 is 21.6 Å². The van der Waals surface area contributed by atoms with Crippen molar-refractivity contribution in [2.75, 3.05) is 18.4 Å². The summed E-state index contributed by atoms with van der Waals surface area (Å²) in [6, 6.07) is 14.9. The zero-order valence-electron chi connectivity index (χ0n) is 17.0. The highest BCUT2D eigenvalue weighted by molar-refractivity contribution is 7.89. The summed E-state index contributed by atoms with van der Waals surface area (Å²) in [5.74, 6) is -0.709. The minimum atomic E-state index is -3.75. The highest BCUT2D eigenvalue weighted by Gasteiger charge is 2.34. The van der Waals surface area contributed by atoms with Crippen molar-refractivity contribution in [2.45, 2.75) is 24.7 Å². The summed E-state index contributed by atoms with van der Waals surface area (Å²) in [5.41, 5.74) is 1.76. The molecular formula is C22H23FN4O3S. The number of nitrogens with one attached hydrogen (secondary N) is 1. The van der Waals surface area contributed by atoms with Crippen LogP contribution in [0.15, 0.2) is 65.7 Å². The average molecular weight is 443 g/mol. The second kappa shape index (κ2) is 8.60. The van der Waals surface area contributed by atoms with Crippen LogP contribution in [0.1, 0.15) is 18.5 Å². The van der Waals surface area contributed by atoms with Crippen LogP contribution in [0.2, 0.25) is 0 Å². The van der Waals surface area contributed by atoms with Gasteiger partial charge in [0, 0.05) is 24.7 Å². The number of sulfonamides is 1. The van der Waals surface area contributed by atoms with E-state index in [1.165, 1.54) is 27.3 Å². The summed E-state index contributed by atoms with van der Waals surface area (Å²) in [7, 11) is -3.75. The Kier molecular flexibility index (Phi) is 5.88. The Hall–Kier alpha value is -3.04. The topological polar surface area (TPSA) is 84.3 Å². The third-order valence-electron chi connectivity index (χ3n) is 5.52. The zero-order valence-corrected chi connectivity index (χ0v) is 17.8. The van der Waals surface area contributed by atoms with Gasteiger partial charge in [-0.05, 0) is 56.2 Å². The van der Waals surface area contributed by atoms with Crippen LogP contribution >= 0.6 is 0 Å². The molecule has 0 aliphatic carbocycles. The molecule has 7 nitrogen and oxygen atoms in total. The molecule has 3 aromatic rings. The van der Waals surface area contributed by atoms with Gasteiger partial charge in [0.2, 0.25) is 15.9 Å². The Balaban J connectivity index is 1.45. The van der Waals surface area contributed by atoms with Crippen molar-refractivity contribution < 1.29 is 17.6 Å². The lowest BCUT2D eigenvalue weighted by Gasteiger charge is -2.30. The number of aromatic nitrogens is 2. The Morgan fingerprint density at radius 3 is 2.35 bits per heavy atom. The van der Waals surface area contributed by atoms with E-state index in [-0.39, 0.29) is 35.6 Å². The molecule has 1 fully saturated rings. The van der Waals surface area contributed by atoms with E-state index in [0.29, 0.717) is 24.2 Å². The molecule has 1 N–H and O–H groups in total. The third kappa shape index (κ3) is 4.38. The van der Waals surface area contributed by atoms with E-state index in [9.17, 15) is 17.6 Å². The first-order chi connectivity index (χ1) is 14.9. The summed E-state index contributed by atoms with van der Waals surface area (Å²) >= 11 is 0. The van der Waals surface area contributed by atoms with Crippen molar-refractivity contribution in [3.05, 3.63) is 72.3 Å². The minimum absolute atomic E-state index is 0.0939. The smallest absolute Gasteiger partial charge is 0.246 e. The molecule has 1 aromatic heterocycles. The second-order valence-corrected chi connectivity index (χ2v) is 9.42. The molecule has 0 bridgehead atoms. The predicted molar refractivity (Wildman–Crippen MR) is 115 cm³/mol. The van der Waals surface area contributed by atoms with E-state index < -0.39 is 10.0 Å². The van der Waals surface area contributed by atoms with Crippen LogP contribution in [0.3, 0.4) is 0 Å². The first kappa shape index (κ1) is 21.2. The van der Waals surface area contributed by atoms with Gasteiger partial charge >= 0.3 is 0 Å². The third-order valence-corrected chi connectivity index (χ3v) is 7.52. The Bertz CT molecular complexity index is 1170. The molecule has 0 unspecified atom stereocenters. The number of piperidine rings is 1. The average Bonchev–Trinajstić information content (AvgIpc) is 3.17. The van der Waals surface area contributed by atoms with Gasteiger partial charge in [0.1, 0.15) is 10.7 Å². The molecule has 9 heteroatoms. The quantitative estimate of drug-likeness (QED) is 0.657. The van der Waals surface area contributed by atoms with E-state index in [1.807, 2.05) is 30.3 Å². The van der Waals surface area contributed by atoms with E-state index in [4.69, 9.17) is 0 Å². The lowest BCUT2D eigenvalue weighted by molar-refractivity contribution is -0.120. The van der Waals surface area contributed by atoms with Crippen molar-refractivity contribution in [1.82, 2.24) is 14.1 Å². The van der Waals surface area contributed by atoms with E-state index in [0.717, 1.165) is 5.69 Å². The number of anilines is 1. The van der Waals surface area contributed by atoms with Crippen LogP contribution in [0.4, 0.5) is 10.1 Å². The van der Waals surface area contributed by atoms with Crippen LogP contribution in [0.25, 0.3) is 5.69 Å². The molecule has 0 spiro atoms. The summed E-state index contributed by atoms with van der Waals surface area (Å²) in [5, 5.41) is 7.08. The molecule has 2 aromatic carbocycles. The van der Waals surface area contributed by atoms with Crippen molar-refractivity contribution in [2.24, 2.45) is 5.92 Å². The molecule has 0 radical (unpaired) electrons. The first-order valence-electron chi connectivity index (χ1n) is 10.0. The fourth-order valence-corrected chi connectivity index (χ4v) is 5.36. The molecule has 2 heterocycles. The predicted octanol–water partition coefficient (Wildman–Crippen LogP) is 3.36. The summed E-state index contributed by atoms with van der Waals surface area (Å²) in [4.78, 5) is 12.6. The molecule has 1 amide bonds. The Morgan fingerprint density at radius 2 is 1.71 bits per heavy atom. The normalized spacial score (nSPS) is 15.7. The van der Waals surface area contributed by atoms with E-state index in [1.54, 1.807) is 19.1 Å². The summed E-state index contributed by atoms with van der Waals surface area (Å²) in [6.45, 7) is 2.19. The molecule has 1 aliphatic rings. The Labute approximate surface area is 180 Å². The number of amides is 1. The molecule has 162 valence electrons. The lowest BCUT2D eigenvalue weighted by atomic mass is 9.97. The minimum Gasteiger partial charge on any atom is -0.326 e. The number of rotatable bonds is 5. The molecular weight excluding hydrogens is 419 g/mol. The number of nitrogens with zero attached hydrogens (tertiary/aromatic N) is 3. The van der Waals surface area contributed by atoms with Gasteiger partial charge in [0.15, 0.2) is 0 Å². The molecule has 1 aliphatic heterocycles. The van der Waals surface area contributed by atoms with Crippen molar-refractivity contribution in [1.29, 1.82) is 0 Å². The number of carbonyl (C=O) groups is 1. The first-order valence-corrected chi connectivity index (χ1v) is 11.5. The van der Waals surface area contributed by atoms with Gasteiger partial charge in [0.25, 0.3) is 0 Å². The second-order valence-electron chi connectivity index (χ2n) is 7.52. The number of para-hydroxylation sites is 1. The molecule has 1 saturated heterocycles.